The van der Waals surface area contributed by atoms with Crippen molar-refractivity contribution in [3.63, 3.8) is 0 Å². The first kappa shape index (κ1) is 26.3. The van der Waals surface area contributed by atoms with Crippen molar-refractivity contribution in [3.05, 3.63) is 23.3 Å². The number of carbonyl (C=O) groups excluding carboxylic acids is 1. The second-order valence-electron chi connectivity index (χ2n) is 10.1. The zero-order chi connectivity index (χ0) is 25.2. The largest absolute Gasteiger partial charge is 0.497 e. The molecule has 3 aliphatic rings. The number of methoxy groups -OCH3 is 1. The van der Waals surface area contributed by atoms with Crippen LogP contribution in [0.3, 0.4) is 0 Å². The van der Waals surface area contributed by atoms with Crippen LogP contribution in [0.15, 0.2) is 17.0 Å². The number of carbonyl (C=O) groups is 1. The van der Waals surface area contributed by atoms with Gasteiger partial charge in [0.05, 0.1) is 18.6 Å². The summed E-state index contributed by atoms with van der Waals surface area (Å²) in [6, 6.07) is 4.36. The van der Waals surface area contributed by atoms with Crippen LogP contribution in [0.1, 0.15) is 30.4 Å². The summed E-state index contributed by atoms with van der Waals surface area (Å²) in [5, 5.41) is 0. The van der Waals surface area contributed by atoms with E-state index in [1.54, 1.807) is 26.2 Å². The third-order valence-corrected chi connectivity index (χ3v) is 10.0. The summed E-state index contributed by atoms with van der Waals surface area (Å²) in [5.41, 5.74) is 1.48. The highest BCUT2D eigenvalue weighted by Crippen LogP contribution is 2.32. The molecule has 0 radical (unpaired) electrons. The Morgan fingerprint density at radius 3 is 2.60 bits per heavy atom. The fourth-order valence-electron chi connectivity index (χ4n) is 5.65. The lowest BCUT2D eigenvalue weighted by atomic mass is 10.1. The molecule has 0 spiro atoms. The molecule has 2 fully saturated rings. The molecular formula is C25H40N4O5S. The van der Waals surface area contributed by atoms with E-state index < -0.39 is 10.0 Å². The van der Waals surface area contributed by atoms with Gasteiger partial charge in [-0.05, 0) is 62.9 Å². The van der Waals surface area contributed by atoms with E-state index in [0.717, 1.165) is 51.0 Å². The van der Waals surface area contributed by atoms with Crippen molar-refractivity contribution in [2.45, 2.75) is 49.6 Å². The third-order valence-electron chi connectivity index (χ3n) is 7.87. The number of benzene rings is 1. The molecule has 0 aromatic heterocycles. The van der Waals surface area contributed by atoms with E-state index in [1.807, 2.05) is 11.9 Å². The Bertz CT molecular complexity index is 1010. The summed E-state index contributed by atoms with van der Waals surface area (Å²) >= 11 is 0. The summed E-state index contributed by atoms with van der Waals surface area (Å²) in [4.78, 5) is 19.9. The summed E-state index contributed by atoms with van der Waals surface area (Å²) < 4.78 is 38.7. The molecule has 1 saturated carbocycles. The number of likely N-dealkylation sites (N-methyl/N-ethyl adjacent to an activating group) is 2. The highest BCUT2D eigenvalue weighted by Gasteiger charge is 2.35. The fourth-order valence-corrected chi connectivity index (χ4v) is 7.51. The Balaban J connectivity index is 1.23. The molecule has 35 heavy (non-hydrogen) atoms. The monoisotopic (exact) mass is 508 g/mol. The standard InChI is InChI=1S/C25H40N4O5S/c1-19-15-23(33-4)16-20-7-8-29(35(31,32)25(19)20)13-14-34-18-24(30)27(3)21-5-6-22(17-21)28-11-9-26(2)10-12-28/h15-16,21-22H,5-14,17-18H2,1-4H3/t21-,22+/m0/s1. The molecular weight excluding hydrogens is 468 g/mol. The van der Waals surface area contributed by atoms with Gasteiger partial charge in [0.15, 0.2) is 0 Å². The van der Waals surface area contributed by atoms with Crippen LogP contribution in [0.2, 0.25) is 0 Å². The number of piperazine rings is 1. The van der Waals surface area contributed by atoms with Crippen molar-refractivity contribution in [2.24, 2.45) is 0 Å². The zero-order valence-electron chi connectivity index (χ0n) is 21.5. The maximum absolute atomic E-state index is 13.2. The average Bonchev–Trinajstić information content (AvgIpc) is 3.32. The van der Waals surface area contributed by atoms with Gasteiger partial charge >= 0.3 is 0 Å². The predicted octanol–water partition coefficient (Wildman–Crippen LogP) is 1.19. The molecule has 1 aromatic carbocycles. The molecule has 1 aromatic rings. The lowest BCUT2D eigenvalue weighted by Crippen LogP contribution is -2.49. The van der Waals surface area contributed by atoms with Gasteiger partial charge < -0.3 is 19.3 Å². The molecule has 0 N–H and O–H groups in total. The SMILES string of the molecule is COc1cc(C)c2c(c1)CCN(CCOCC(=O)N(C)[C@H]1CC[C@@H](N3CCN(C)CC3)C1)S2(=O)=O. The minimum atomic E-state index is -3.59. The van der Waals surface area contributed by atoms with E-state index in [2.05, 4.69) is 16.8 Å². The third kappa shape index (κ3) is 5.83. The molecule has 4 rings (SSSR count). The molecule has 10 heteroatoms. The van der Waals surface area contributed by atoms with E-state index in [-0.39, 0.29) is 31.7 Å². The number of sulfonamides is 1. The van der Waals surface area contributed by atoms with Crippen LogP contribution in [0, 0.1) is 6.92 Å². The normalized spacial score (nSPS) is 25.4. The smallest absolute Gasteiger partial charge is 0.248 e. The van der Waals surface area contributed by atoms with Crippen LogP contribution >= 0.6 is 0 Å². The molecule has 2 atom stereocenters. The molecule has 196 valence electrons. The van der Waals surface area contributed by atoms with Crippen LogP contribution < -0.4 is 4.74 Å². The number of rotatable bonds is 8. The Morgan fingerprint density at radius 1 is 1.14 bits per heavy atom. The van der Waals surface area contributed by atoms with Crippen molar-refractivity contribution >= 4 is 15.9 Å². The lowest BCUT2D eigenvalue weighted by Gasteiger charge is -2.36. The van der Waals surface area contributed by atoms with Crippen LogP contribution in [-0.2, 0) is 26.0 Å². The van der Waals surface area contributed by atoms with E-state index in [0.29, 0.717) is 35.2 Å². The molecule has 1 amide bonds. The van der Waals surface area contributed by atoms with Gasteiger partial charge in [-0.1, -0.05) is 0 Å². The van der Waals surface area contributed by atoms with Gasteiger partial charge in [0.2, 0.25) is 15.9 Å². The van der Waals surface area contributed by atoms with Crippen LogP contribution in [-0.4, -0.2) is 119 Å². The first-order chi connectivity index (χ1) is 16.7. The highest BCUT2D eigenvalue weighted by molar-refractivity contribution is 7.89. The Hall–Kier alpha value is -1.72. The number of aryl methyl sites for hydroxylation is 1. The van der Waals surface area contributed by atoms with Crippen molar-refractivity contribution in [3.8, 4) is 5.75 Å². The van der Waals surface area contributed by atoms with Gasteiger partial charge in [0.1, 0.15) is 12.4 Å². The average molecular weight is 509 g/mol. The summed E-state index contributed by atoms with van der Waals surface area (Å²) in [6.07, 6.45) is 3.80. The molecule has 2 aliphatic heterocycles. The van der Waals surface area contributed by atoms with Crippen molar-refractivity contribution in [2.75, 3.05) is 73.7 Å². The molecule has 2 heterocycles. The van der Waals surface area contributed by atoms with Crippen molar-refractivity contribution in [1.29, 1.82) is 0 Å². The Morgan fingerprint density at radius 2 is 1.89 bits per heavy atom. The van der Waals surface area contributed by atoms with E-state index >= 15 is 0 Å². The number of nitrogens with zero attached hydrogens (tertiary/aromatic N) is 4. The number of hydrogen-bond acceptors (Lipinski definition) is 7. The van der Waals surface area contributed by atoms with Crippen LogP contribution in [0.25, 0.3) is 0 Å². The minimum absolute atomic E-state index is 0.0210. The molecule has 1 saturated heterocycles. The number of amides is 1. The Kier molecular flexibility index (Phi) is 8.38. The number of fused-ring (bicyclic) bond motifs is 1. The van der Waals surface area contributed by atoms with Gasteiger partial charge in [-0.3, -0.25) is 9.69 Å². The lowest BCUT2D eigenvalue weighted by molar-refractivity contribution is -0.136. The first-order valence-corrected chi connectivity index (χ1v) is 14.1. The van der Waals surface area contributed by atoms with Crippen LogP contribution in [0.5, 0.6) is 5.75 Å². The summed E-state index contributed by atoms with van der Waals surface area (Å²) in [5.74, 6) is 0.636. The van der Waals surface area contributed by atoms with Gasteiger partial charge in [-0.15, -0.1) is 0 Å². The van der Waals surface area contributed by atoms with Gasteiger partial charge in [-0.2, -0.15) is 4.31 Å². The van der Waals surface area contributed by atoms with E-state index in [4.69, 9.17) is 9.47 Å². The number of hydrogen-bond donors (Lipinski definition) is 0. The van der Waals surface area contributed by atoms with Crippen molar-refractivity contribution in [1.82, 2.24) is 19.0 Å². The zero-order valence-corrected chi connectivity index (χ0v) is 22.3. The molecule has 1 aliphatic carbocycles. The second kappa shape index (κ2) is 11.1. The van der Waals surface area contributed by atoms with Crippen molar-refractivity contribution < 1.29 is 22.7 Å². The van der Waals surface area contributed by atoms with E-state index in [1.165, 1.54) is 4.31 Å². The number of ether oxygens (including phenoxy) is 2. The quantitative estimate of drug-likeness (QED) is 0.488. The summed E-state index contributed by atoms with van der Waals surface area (Å²) in [6.45, 7) is 7.02. The molecule has 9 nitrogen and oxygen atoms in total. The Labute approximate surface area is 210 Å². The maximum Gasteiger partial charge on any atom is 0.248 e. The molecule has 0 unspecified atom stereocenters. The minimum Gasteiger partial charge on any atom is -0.497 e. The fraction of sp³-hybridized carbons (Fsp3) is 0.720. The van der Waals surface area contributed by atoms with Gasteiger partial charge in [0.25, 0.3) is 0 Å². The van der Waals surface area contributed by atoms with E-state index in [9.17, 15) is 13.2 Å². The topological polar surface area (TPSA) is 82.6 Å². The maximum atomic E-state index is 13.2. The predicted molar refractivity (Wildman–Crippen MR) is 134 cm³/mol. The van der Waals surface area contributed by atoms with Gasteiger partial charge in [-0.25, -0.2) is 8.42 Å². The molecule has 0 bridgehead atoms. The highest BCUT2D eigenvalue weighted by atomic mass is 32.2. The first-order valence-electron chi connectivity index (χ1n) is 12.6. The second-order valence-corrected chi connectivity index (χ2v) is 12.0. The summed E-state index contributed by atoms with van der Waals surface area (Å²) in [7, 11) is 2.02. The van der Waals surface area contributed by atoms with Gasteiger partial charge in [0, 0.05) is 58.4 Å². The van der Waals surface area contributed by atoms with Crippen LogP contribution in [0.4, 0.5) is 0 Å².